The number of Topliss-reactive ketones (excluding diaryl/α,β-unsaturated/α-hetero) is 2. The Morgan fingerprint density at radius 1 is 1.10 bits per heavy atom. The lowest BCUT2D eigenvalue weighted by molar-refractivity contribution is -0.148. The molecule has 1 amide bonds. The first kappa shape index (κ1) is 28.2. The van der Waals surface area contributed by atoms with Crippen molar-refractivity contribution in [1.82, 2.24) is 4.90 Å². The van der Waals surface area contributed by atoms with Crippen molar-refractivity contribution in [2.45, 2.75) is 31.0 Å². The minimum Gasteiger partial charge on any atom is -0.510 e. The van der Waals surface area contributed by atoms with Crippen molar-refractivity contribution >= 4 is 28.8 Å². The number of carbonyl (C=O) groups is 3. The molecule has 41 heavy (non-hydrogen) atoms. The number of aliphatic hydroxyl groups excluding tert-OH is 2. The van der Waals surface area contributed by atoms with E-state index in [2.05, 4.69) is 5.32 Å². The average Bonchev–Trinajstić information content (AvgIpc) is 2.90. The highest BCUT2D eigenvalue weighted by molar-refractivity contribution is 6.25. The zero-order valence-corrected chi connectivity index (χ0v) is 23.3. The number of likely N-dealkylation sites (N-methyl/N-ethyl adjacent to an activating group) is 1. The topological polar surface area (TPSA) is 177 Å². The van der Waals surface area contributed by atoms with Crippen LogP contribution in [0.15, 0.2) is 59.1 Å². The number of aliphatic hydroxyl groups is 3. The molecule has 0 bridgehead atoms. The Balaban J connectivity index is 1.66. The molecule has 11 heteroatoms. The number of primary amides is 1. The van der Waals surface area contributed by atoms with E-state index in [0.717, 1.165) is 5.69 Å². The zero-order chi connectivity index (χ0) is 30.0. The maximum Gasteiger partial charge on any atom is 0.255 e. The summed E-state index contributed by atoms with van der Waals surface area (Å²) in [6.45, 7) is 0.201. The third kappa shape index (κ3) is 4.15. The number of amides is 1. The van der Waals surface area contributed by atoms with Gasteiger partial charge < -0.3 is 36.4 Å². The van der Waals surface area contributed by atoms with Gasteiger partial charge in [0.2, 0.25) is 5.78 Å². The summed E-state index contributed by atoms with van der Waals surface area (Å²) in [7, 11) is 6.84. The molecular weight excluding hydrogens is 528 g/mol. The normalized spacial score (nSPS) is 25.6. The first-order chi connectivity index (χ1) is 19.3. The van der Waals surface area contributed by atoms with Crippen LogP contribution in [0.3, 0.4) is 0 Å². The third-order valence-corrected chi connectivity index (χ3v) is 8.52. The zero-order valence-electron chi connectivity index (χ0n) is 23.3. The SMILES string of the molecule is CN(C)c1cc(CNc2ccccc2)c(O)c2c1C[C@H]1C[C@H]3[C@H](N(C)C)C(O)=C(C(N)=O)C(=O)[C@@]3(O)C(O)=C1C2=O. The molecule has 3 aliphatic carbocycles. The van der Waals surface area contributed by atoms with Gasteiger partial charge in [-0.1, -0.05) is 18.2 Å². The van der Waals surface area contributed by atoms with Crippen LogP contribution >= 0.6 is 0 Å². The van der Waals surface area contributed by atoms with Gasteiger partial charge in [-0.15, -0.1) is 0 Å². The van der Waals surface area contributed by atoms with E-state index >= 15 is 0 Å². The standard InChI is InChI=1S/C30H34N4O7/c1-33(2)19-12-15(13-32-16-8-6-5-7-9-16)24(35)21-17(19)10-14-11-18-23(34(3)4)26(37)22(29(31)40)28(39)30(18,41)27(38)20(14)25(21)36/h5-9,12,14,18,23,32,35,37-38,41H,10-11,13H2,1-4H3,(H2,31,40)/t14-,18-,23-,30-/m0/s1. The van der Waals surface area contributed by atoms with Gasteiger partial charge in [0.15, 0.2) is 11.4 Å². The Hall–Kier alpha value is -4.35. The first-order valence-electron chi connectivity index (χ1n) is 13.3. The van der Waals surface area contributed by atoms with Gasteiger partial charge in [0.25, 0.3) is 5.91 Å². The molecule has 0 fully saturated rings. The fourth-order valence-corrected chi connectivity index (χ4v) is 6.64. The molecule has 2 aromatic carbocycles. The van der Waals surface area contributed by atoms with Crippen LogP contribution in [-0.2, 0) is 22.6 Å². The van der Waals surface area contributed by atoms with Gasteiger partial charge in [0.1, 0.15) is 22.8 Å². The number of nitrogens with one attached hydrogen (secondary N) is 1. The van der Waals surface area contributed by atoms with E-state index in [9.17, 15) is 34.8 Å². The second-order valence-electron chi connectivity index (χ2n) is 11.3. The van der Waals surface area contributed by atoms with Crippen LogP contribution in [0.1, 0.15) is 27.9 Å². The Bertz CT molecular complexity index is 1530. The number of phenolic OH excluding ortho intramolecular Hbond substituents is 1. The van der Waals surface area contributed by atoms with Crippen LogP contribution in [0.2, 0.25) is 0 Å². The number of rotatable bonds is 6. The van der Waals surface area contributed by atoms with Gasteiger partial charge in [-0.2, -0.15) is 0 Å². The van der Waals surface area contributed by atoms with Crippen LogP contribution in [0, 0.1) is 11.8 Å². The van der Waals surface area contributed by atoms with E-state index in [0.29, 0.717) is 16.8 Å². The van der Waals surface area contributed by atoms with Crippen LogP contribution in [0.25, 0.3) is 0 Å². The van der Waals surface area contributed by atoms with Crippen molar-refractivity contribution in [3.05, 3.63) is 75.8 Å². The Morgan fingerprint density at radius 3 is 2.34 bits per heavy atom. The minimum absolute atomic E-state index is 0.0122. The molecule has 3 aliphatic rings. The maximum absolute atomic E-state index is 14.1. The molecule has 5 rings (SSSR count). The predicted molar refractivity (Wildman–Crippen MR) is 152 cm³/mol. The van der Waals surface area contributed by atoms with E-state index in [1.807, 2.05) is 55.4 Å². The summed E-state index contributed by atoms with van der Waals surface area (Å²) in [5, 5.41) is 48.8. The number of anilines is 2. The van der Waals surface area contributed by atoms with Crippen LogP contribution < -0.4 is 16.0 Å². The second kappa shape index (κ2) is 9.93. The number of benzene rings is 2. The van der Waals surface area contributed by atoms with E-state index in [1.54, 1.807) is 14.1 Å². The number of carbonyl (C=O) groups excluding carboxylic acids is 3. The molecule has 11 nitrogen and oxygen atoms in total. The molecule has 4 atom stereocenters. The number of nitrogens with zero attached hydrogens (tertiary/aromatic N) is 2. The summed E-state index contributed by atoms with van der Waals surface area (Å²) >= 11 is 0. The Labute approximate surface area is 237 Å². The molecule has 0 radical (unpaired) electrons. The molecule has 0 spiro atoms. The van der Waals surface area contributed by atoms with Crippen LogP contribution in [0.4, 0.5) is 11.4 Å². The second-order valence-corrected chi connectivity index (χ2v) is 11.3. The van der Waals surface area contributed by atoms with Crippen molar-refractivity contribution in [3.63, 3.8) is 0 Å². The number of ketones is 2. The minimum atomic E-state index is -2.67. The van der Waals surface area contributed by atoms with Gasteiger partial charge in [0.05, 0.1) is 11.6 Å². The number of para-hydroxylation sites is 1. The summed E-state index contributed by atoms with van der Waals surface area (Å²) in [5.74, 6) is -6.66. The highest BCUT2D eigenvalue weighted by Gasteiger charge is 2.63. The largest absolute Gasteiger partial charge is 0.510 e. The first-order valence-corrected chi connectivity index (χ1v) is 13.3. The van der Waals surface area contributed by atoms with Crippen molar-refractivity contribution in [3.8, 4) is 5.75 Å². The van der Waals surface area contributed by atoms with Gasteiger partial charge >= 0.3 is 0 Å². The van der Waals surface area contributed by atoms with Gasteiger partial charge in [-0.25, -0.2) is 0 Å². The van der Waals surface area contributed by atoms with E-state index in [4.69, 9.17) is 5.73 Å². The molecule has 216 valence electrons. The highest BCUT2D eigenvalue weighted by atomic mass is 16.3. The fraction of sp³-hybridized carbons (Fsp3) is 0.367. The van der Waals surface area contributed by atoms with Crippen molar-refractivity contribution in [2.75, 3.05) is 38.4 Å². The number of phenols is 1. The molecule has 7 N–H and O–H groups in total. The molecule has 0 saturated heterocycles. The summed E-state index contributed by atoms with van der Waals surface area (Å²) in [4.78, 5) is 43.1. The number of hydrogen-bond acceptors (Lipinski definition) is 10. The third-order valence-electron chi connectivity index (χ3n) is 8.52. The molecule has 0 saturated carbocycles. The van der Waals surface area contributed by atoms with E-state index < -0.39 is 58.0 Å². The maximum atomic E-state index is 14.1. The average molecular weight is 563 g/mol. The number of allylic oxidation sites excluding steroid dienone is 1. The fourth-order valence-electron chi connectivity index (χ4n) is 6.64. The lowest BCUT2D eigenvalue weighted by atomic mass is 9.58. The molecule has 2 aromatic rings. The number of aromatic hydroxyl groups is 1. The highest BCUT2D eigenvalue weighted by Crippen LogP contribution is 2.53. The quantitative estimate of drug-likeness (QED) is 0.285. The van der Waals surface area contributed by atoms with Crippen molar-refractivity contribution in [1.29, 1.82) is 0 Å². The number of nitrogens with two attached hydrogens (primary N) is 1. The Morgan fingerprint density at radius 2 is 1.76 bits per heavy atom. The van der Waals surface area contributed by atoms with Gasteiger partial charge in [-0.05, 0) is 56.6 Å². The van der Waals surface area contributed by atoms with Crippen LogP contribution in [-0.4, -0.2) is 82.6 Å². The molecule has 0 aliphatic heterocycles. The summed E-state index contributed by atoms with van der Waals surface area (Å²) in [6.07, 6.45) is 0.263. The number of hydrogen-bond donors (Lipinski definition) is 6. The van der Waals surface area contributed by atoms with E-state index in [-0.39, 0.29) is 36.3 Å². The van der Waals surface area contributed by atoms with Gasteiger partial charge in [0, 0.05) is 49.1 Å². The Kier molecular flexibility index (Phi) is 6.83. The van der Waals surface area contributed by atoms with Crippen molar-refractivity contribution < 1.29 is 34.8 Å². The number of fused-ring (bicyclic) bond motifs is 3. The monoisotopic (exact) mass is 562 g/mol. The van der Waals surface area contributed by atoms with E-state index in [1.165, 1.54) is 4.90 Å². The molecule has 0 aromatic heterocycles. The lowest BCUT2D eigenvalue weighted by Gasteiger charge is -2.50. The van der Waals surface area contributed by atoms with Gasteiger partial charge in [-0.3, -0.25) is 19.3 Å². The summed E-state index contributed by atoms with van der Waals surface area (Å²) in [6, 6.07) is 10.1. The van der Waals surface area contributed by atoms with Crippen LogP contribution in [0.5, 0.6) is 5.75 Å². The lowest BCUT2D eigenvalue weighted by Crippen LogP contribution is -2.63. The predicted octanol–water partition coefficient (Wildman–Crippen LogP) is 1.80. The molecule has 0 heterocycles. The summed E-state index contributed by atoms with van der Waals surface area (Å²) in [5.41, 5.74) is 4.25. The smallest absolute Gasteiger partial charge is 0.255 e. The van der Waals surface area contributed by atoms with Crippen molar-refractivity contribution in [2.24, 2.45) is 17.6 Å². The molecule has 0 unspecified atom stereocenters. The molecular formula is C30H34N4O7. The summed E-state index contributed by atoms with van der Waals surface area (Å²) < 4.78 is 0.